The molecule has 6 nitrogen and oxygen atoms in total. The van der Waals surface area contributed by atoms with Gasteiger partial charge in [0.2, 0.25) is 6.10 Å². The molecule has 3 rings (SSSR count). The first-order valence-electron chi connectivity index (χ1n) is 8.02. The minimum atomic E-state index is -1.15. The maximum atomic E-state index is 12.0. The van der Waals surface area contributed by atoms with E-state index in [0.717, 1.165) is 22.1 Å². The second kappa shape index (κ2) is 7.41. The Morgan fingerprint density at radius 3 is 2.62 bits per heavy atom. The lowest BCUT2D eigenvalue weighted by Gasteiger charge is -2.15. The fourth-order valence-electron chi connectivity index (χ4n) is 2.77. The van der Waals surface area contributed by atoms with Crippen LogP contribution in [0.15, 0.2) is 57.7 Å². The molecule has 0 radical (unpaired) electrons. The highest BCUT2D eigenvalue weighted by atomic mass is 16.6. The van der Waals surface area contributed by atoms with E-state index in [1.54, 1.807) is 12.1 Å². The molecule has 0 unspecified atom stereocenters. The van der Waals surface area contributed by atoms with Crippen LogP contribution in [0.5, 0.6) is 5.75 Å². The summed E-state index contributed by atoms with van der Waals surface area (Å²) in [6.07, 6.45) is -1.15. The molecule has 134 valence electrons. The standard InChI is InChI=1S/C20H18O6/c1-12-5-3-4-6-14(12)16-10-19(22)26-17-9-13(7-8-15(16)17)25-18(11-21)20(23)24-2/h3-10,18,21H,11H2,1-2H3/t18-/m1/s1. The maximum Gasteiger partial charge on any atom is 0.349 e. The summed E-state index contributed by atoms with van der Waals surface area (Å²) < 4.78 is 15.3. The van der Waals surface area contributed by atoms with E-state index in [2.05, 4.69) is 4.74 Å². The van der Waals surface area contributed by atoms with E-state index in [1.165, 1.54) is 19.2 Å². The lowest BCUT2D eigenvalue weighted by molar-refractivity contribution is -0.150. The van der Waals surface area contributed by atoms with Crippen LogP contribution in [0.4, 0.5) is 0 Å². The van der Waals surface area contributed by atoms with Gasteiger partial charge in [0, 0.05) is 23.1 Å². The molecule has 0 spiro atoms. The lowest BCUT2D eigenvalue weighted by Crippen LogP contribution is -2.32. The van der Waals surface area contributed by atoms with E-state index in [1.807, 2.05) is 31.2 Å². The van der Waals surface area contributed by atoms with Crippen molar-refractivity contribution in [2.45, 2.75) is 13.0 Å². The number of aliphatic hydroxyl groups is 1. The molecule has 26 heavy (non-hydrogen) atoms. The average Bonchev–Trinajstić information content (AvgIpc) is 2.65. The third kappa shape index (κ3) is 3.45. The second-order valence-electron chi connectivity index (χ2n) is 5.76. The van der Waals surface area contributed by atoms with Crippen LogP contribution < -0.4 is 10.4 Å². The Balaban J connectivity index is 2.08. The molecular weight excluding hydrogens is 336 g/mol. The zero-order valence-electron chi connectivity index (χ0n) is 14.4. The minimum absolute atomic E-state index is 0.284. The van der Waals surface area contributed by atoms with Gasteiger partial charge in [0.1, 0.15) is 11.3 Å². The van der Waals surface area contributed by atoms with Crippen LogP contribution >= 0.6 is 0 Å². The number of fused-ring (bicyclic) bond motifs is 1. The van der Waals surface area contributed by atoms with Crippen molar-refractivity contribution in [1.29, 1.82) is 0 Å². The molecule has 1 heterocycles. The van der Waals surface area contributed by atoms with Crippen LogP contribution in [-0.4, -0.2) is 30.9 Å². The summed E-state index contributed by atoms with van der Waals surface area (Å²) in [5.41, 5.74) is 2.56. The van der Waals surface area contributed by atoms with Gasteiger partial charge in [-0.05, 0) is 30.2 Å². The first-order valence-corrected chi connectivity index (χ1v) is 8.02. The molecule has 1 aromatic heterocycles. The molecule has 1 atom stereocenters. The van der Waals surface area contributed by atoms with E-state index >= 15 is 0 Å². The number of methoxy groups -OCH3 is 1. The average molecular weight is 354 g/mol. The van der Waals surface area contributed by atoms with Crippen molar-refractivity contribution in [2.75, 3.05) is 13.7 Å². The van der Waals surface area contributed by atoms with E-state index in [0.29, 0.717) is 5.58 Å². The van der Waals surface area contributed by atoms with Gasteiger partial charge in [-0.3, -0.25) is 0 Å². The van der Waals surface area contributed by atoms with Crippen molar-refractivity contribution in [2.24, 2.45) is 0 Å². The molecule has 3 aromatic rings. The van der Waals surface area contributed by atoms with Gasteiger partial charge in [-0.15, -0.1) is 0 Å². The molecule has 0 bridgehead atoms. The van der Waals surface area contributed by atoms with Gasteiger partial charge in [0.25, 0.3) is 0 Å². The largest absolute Gasteiger partial charge is 0.476 e. The molecule has 0 fully saturated rings. The van der Waals surface area contributed by atoms with Crippen molar-refractivity contribution in [3.8, 4) is 16.9 Å². The van der Waals surface area contributed by atoms with Crippen molar-refractivity contribution in [1.82, 2.24) is 0 Å². The number of benzene rings is 2. The fourth-order valence-corrected chi connectivity index (χ4v) is 2.77. The minimum Gasteiger partial charge on any atom is -0.476 e. The molecule has 0 amide bonds. The predicted molar refractivity (Wildman–Crippen MR) is 96.2 cm³/mol. The van der Waals surface area contributed by atoms with Crippen LogP contribution in [0.2, 0.25) is 0 Å². The normalized spacial score (nSPS) is 12.0. The molecule has 2 aromatic carbocycles. The quantitative estimate of drug-likeness (QED) is 0.560. The number of carbonyl (C=O) groups excluding carboxylic acids is 1. The molecule has 6 heteroatoms. The number of esters is 1. The van der Waals surface area contributed by atoms with Gasteiger partial charge in [-0.25, -0.2) is 9.59 Å². The Bertz CT molecular complexity index is 1000. The van der Waals surface area contributed by atoms with Gasteiger partial charge >= 0.3 is 11.6 Å². The zero-order valence-corrected chi connectivity index (χ0v) is 14.4. The SMILES string of the molecule is COC(=O)[C@@H](CO)Oc1ccc2c(-c3ccccc3C)cc(=O)oc2c1. The van der Waals surface area contributed by atoms with Crippen molar-refractivity contribution >= 4 is 16.9 Å². The van der Waals surface area contributed by atoms with E-state index < -0.39 is 24.3 Å². The van der Waals surface area contributed by atoms with Gasteiger partial charge < -0.3 is 19.0 Å². The fraction of sp³-hybridized carbons (Fsp3) is 0.200. The number of ether oxygens (including phenoxy) is 2. The van der Waals surface area contributed by atoms with Gasteiger partial charge in [-0.2, -0.15) is 0 Å². The smallest absolute Gasteiger partial charge is 0.349 e. The van der Waals surface area contributed by atoms with Crippen molar-refractivity contribution in [3.05, 3.63) is 64.5 Å². The number of aryl methyl sites for hydroxylation is 1. The molecule has 0 aliphatic rings. The summed E-state index contributed by atoms with van der Waals surface area (Å²) in [6.45, 7) is 1.44. The molecule has 0 saturated carbocycles. The molecule has 0 aliphatic heterocycles. The molecule has 0 aliphatic carbocycles. The Morgan fingerprint density at radius 2 is 1.92 bits per heavy atom. The predicted octanol–water partition coefficient (Wildman–Crippen LogP) is 2.68. The van der Waals surface area contributed by atoms with Gasteiger partial charge in [-0.1, -0.05) is 24.3 Å². The Kier molecular flexibility index (Phi) is 5.04. The van der Waals surface area contributed by atoms with Crippen LogP contribution in [0.3, 0.4) is 0 Å². The number of aliphatic hydroxyl groups excluding tert-OH is 1. The van der Waals surface area contributed by atoms with E-state index in [4.69, 9.17) is 9.15 Å². The second-order valence-corrected chi connectivity index (χ2v) is 5.76. The summed E-state index contributed by atoms with van der Waals surface area (Å²) in [5.74, 6) is -0.408. The molecular formula is C20H18O6. The summed E-state index contributed by atoms with van der Waals surface area (Å²) in [7, 11) is 1.21. The van der Waals surface area contributed by atoms with Gasteiger partial charge in [0.15, 0.2) is 0 Å². The topological polar surface area (TPSA) is 86.0 Å². The monoisotopic (exact) mass is 354 g/mol. The Hall–Kier alpha value is -3.12. The van der Waals surface area contributed by atoms with Crippen LogP contribution in [0, 0.1) is 6.92 Å². The zero-order chi connectivity index (χ0) is 18.7. The van der Waals surface area contributed by atoms with Crippen LogP contribution in [-0.2, 0) is 9.53 Å². The highest BCUT2D eigenvalue weighted by Gasteiger charge is 2.20. The summed E-state index contributed by atoms with van der Waals surface area (Å²) in [4.78, 5) is 23.6. The highest BCUT2D eigenvalue weighted by Crippen LogP contribution is 2.31. The lowest BCUT2D eigenvalue weighted by atomic mass is 9.98. The van der Waals surface area contributed by atoms with Crippen molar-refractivity contribution in [3.63, 3.8) is 0 Å². The summed E-state index contributed by atoms with van der Waals surface area (Å²) >= 11 is 0. The van der Waals surface area contributed by atoms with Crippen LogP contribution in [0.1, 0.15) is 5.56 Å². The molecule has 0 saturated heterocycles. The van der Waals surface area contributed by atoms with E-state index in [9.17, 15) is 14.7 Å². The first-order chi connectivity index (χ1) is 12.5. The Morgan fingerprint density at radius 1 is 1.15 bits per heavy atom. The number of hydrogen-bond acceptors (Lipinski definition) is 6. The van der Waals surface area contributed by atoms with Crippen molar-refractivity contribution < 1.29 is 23.8 Å². The number of hydrogen-bond donors (Lipinski definition) is 1. The first kappa shape index (κ1) is 17.7. The van der Waals surface area contributed by atoms with E-state index in [-0.39, 0.29) is 5.75 Å². The summed E-state index contributed by atoms with van der Waals surface area (Å²) in [6, 6.07) is 14.1. The van der Waals surface area contributed by atoms with Crippen LogP contribution in [0.25, 0.3) is 22.1 Å². The number of rotatable bonds is 5. The maximum absolute atomic E-state index is 12.0. The Labute approximate surface area is 149 Å². The summed E-state index contributed by atoms with van der Waals surface area (Å²) in [5, 5.41) is 10.0. The van der Waals surface area contributed by atoms with Gasteiger partial charge in [0.05, 0.1) is 13.7 Å². The number of carbonyl (C=O) groups is 1. The third-order valence-electron chi connectivity index (χ3n) is 4.06. The molecule has 1 N–H and O–H groups in total. The third-order valence-corrected chi connectivity index (χ3v) is 4.06. The highest BCUT2D eigenvalue weighted by molar-refractivity contribution is 5.94.